The van der Waals surface area contributed by atoms with Crippen LogP contribution >= 0.6 is 0 Å². The van der Waals surface area contributed by atoms with Crippen molar-refractivity contribution in [2.24, 2.45) is 5.92 Å². The molecule has 154 valence electrons. The summed E-state index contributed by atoms with van der Waals surface area (Å²) in [4.78, 5) is 39.3. The van der Waals surface area contributed by atoms with Crippen LogP contribution in [-0.2, 0) is 25.7 Å². The molecule has 0 unspecified atom stereocenters. The minimum Gasteiger partial charge on any atom is -0.378 e. The van der Waals surface area contributed by atoms with Crippen LogP contribution in [0.1, 0.15) is 6.42 Å². The van der Waals surface area contributed by atoms with Crippen LogP contribution in [0.4, 0.5) is 18.9 Å². The number of carbonyl (C=O) groups excluding carboxylic acids is 3. The van der Waals surface area contributed by atoms with E-state index in [0.29, 0.717) is 31.0 Å². The van der Waals surface area contributed by atoms with Crippen LogP contribution in [0.5, 0.6) is 0 Å². The topological polar surface area (TPSA) is 96.8 Å². The Morgan fingerprint density at radius 2 is 2.00 bits per heavy atom. The van der Waals surface area contributed by atoms with Crippen molar-refractivity contribution in [1.82, 2.24) is 20.0 Å². The smallest absolute Gasteiger partial charge is 0.378 e. The van der Waals surface area contributed by atoms with E-state index < -0.39 is 24.5 Å². The van der Waals surface area contributed by atoms with Crippen LogP contribution in [0, 0.1) is 5.92 Å². The largest absolute Gasteiger partial charge is 0.408 e. The third kappa shape index (κ3) is 5.00. The zero-order valence-electron chi connectivity index (χ0n) is 14.9. The van der Waals surface area contributed by atoms with Crippen LogP contribution in [0.2, 0.25) is 0 Å². The molecule has 1 N–H and O–H groups in total. The number of hydrogen-bond acceptors (Lipinski definition) is 5. The summed E-state index contributed by atoms with van der Waals surface area (Å²) in [7, 11) is 0. The van der Waals surface area contributed by atoms with Gasteiger partial charge in [0.25, 0.3) is 0 Å². The van der Waals surface area contributed by atoms with Gasteiger partial charge in [0.15, 0.2) is 0 Å². The van der Waals surface area contributed by atoms with Crippen LogP contribution in [0.25, 0.3) is 0 Å². The molecule has 12 heteroatoms. The molecule has 0 aromatic carbocycles. The molecular formula is C16H20F3N5O4. The highest BCUT2D eigenvalue weighted by Gasteiger charge is 2.36. The highest BCUT2D eigenvalue weighted by molar-refractivity contribution is 6.00. The highest BCUT2D eigenvalue weighted by Crippen LogP contribution is 2.26. The molecule has 1 aromatic rings. The van der Waals surface area contributed by atoms with Gasteiger partial charge in [-0.2, -0.15) is 18.3 Å². The van der Waals surface area contributed by atoms with Crippen molar-refractivity contribution in [2.75, 3.05) is 44.3 Å². The third-order valence-electron chi connectivity index (χ3n) is 4.55. The number of alkyl halides is 3. The number of rotatable bonds is 5. The Morgan fingerprint density at radius 1 is 1.29 bits per heavy atom. The number of nitrogens with zero attached hydrogens (tertiary/aromatic N) is 4. The van der Waals surface area contributed by atoms with Gasteiger partial charge in [-0.1, -0.05) is 0 Å². The molecule has 0 bridgehead atoms. The van der Waals surface area contributed by atoms with Crippen LogP contribution in [0.15, 0.2) is 12.4 Å². The first kappa shape index (κ1) is 20.1. The SMILES string of the molecule is O=C(NCC(=O)N1CCOCC1)[C@@H]1CC(=O)N(c2cnn(CC(F)(F)F)c2)C1. The minimum absolute atomic E-state index is 0.0219. The summed E-state index contributed by atoms with van der Waals surface area (Å²) in [5.41, 5.74) is 0.203. The number of ether oxygens (including phenoxy) is 1. The fraction of sp³-hybridized carbons (Fsp3) is 0.625. The summed E-state index contributed by atoms with van der Waals surface area (Å²) < 4.78 is 43.1. The Labute approximate surface area is 158 Å². The molecule has 0 saturated carbocycles. The van der Waals surface area contributed by atoms with Gasteiger partial charge in [-0.3, -0.25) is 19.1 Å². The van der Waals surface area contributed by atoms with Gasteiger partial charge >= 0.3 is 6.18 Å². The first-order valence-corrected chi connectivity index (χ1v) is 8.76. The molecule has 3 heterocycles. The Hall–Kier alpha value is -2.63. The number of amides is 3. The third-order valence-corrected chi connectivity index (χ3v) is 4.55. The molecule has 1 atom stereocenters. The lowest BCUT2D eigenvalue weighted by Gasteiger charge is -2.27. The van der Waals surface area contributed by atoms with Gasteiger partial charge in [-0.15, -0.1) is 0 Å². The lowest BCUT2D eigenvalue weighted by Crippen LogP contribution is -2.46. The molecule has 9 nitrogen and oxygen atoms in total. The Kier molecular flexibility index (Phi) is 5.87. The van der Waals surface area contributed by atoms with Gasteiger partial charge in [-0.25, -0.2) is 0 Å². The van der Waals surface area contributed by atoms with Crippen LogP contribution in [0.3, 0.4) is 0 Å². The second-order valence-corrected chi connectivity index (χ2v) is 6.63. The Bertz CT molecular complexity index is 745. The van der Waals surface area contributed by atoms with Crippen molar-refractivity contribution in [2.45, 2.75) is 19.1 Å². The molecule has 0 aliphatic carbocycles. The number of anilines is 1. The van der Waals surface area contributed by atoms with E-state index in [-0.39, 0.29) is 37.0 Å². The number of morpholine rings is 1. The van der Waals surface area contributed by atoms with Crippen molar-refractivity contribution in [3.8, 4) is 0 Å². The zero-order valence-corrected chi connectivity index (χ0v) is 14.9. The molecular weight excluding hydrogens is 383 g/mol. The molecule has 28 heavy (non-hydrogen) atoms. The summed E-state index contributed by atoms with van der Waals surface area (Å²) in [6.07, 6.45) is -2.23. The normalized spacial score (nSPS) is 20.5. The van der Waals surface area contributed by atoms with Gasteiger partial charge in [0.05, 0.1) is 37.6 Å². The summed E-state index contributed by atoms with van der Waals surface area (Å²) >= 11 is 0. The van der Waals surface area contributed by atoms with Crippen molar-refractivity contribution in [3.63, 3.8) is 0 Å². The van der Waals surface area contributed by atoms with Gasteiger partial charge in [0.1, 0.15) is 6.54 Å². The molecule has 2 aliphatic rings. The average Bonchev–Trinajstić information content (AvgIpc) is 3.25. The number of aromatic nitrogens is 2. The van der Waals surface area contributed by atoms with Crippen LogP contribution in [-0.4, -0.2) is 78.0 Å². The Balaban J connectivity index is 1.52. The van der Waals surface area contributed by atoms with E-state index in [2.05, 4.69) is 10.4 Å². The lowest BCUT2D eigenvalue weighted by molar-refractivity contribution is -0.142. The van der Waals surface area contributed by atoms with E-state index in [1.165, 1.54) is 4.90 Å². The fourth-order valence-electron chi connectivity index (χ4n) is 3.13. The number of hydrogen-bond donors (Lipinski definition) is 1. The van der Waals surface area contributed by atoms with Crippen LogP contribution < -0.4 is 10.2 Å². The van der Waals surface area contributed by atoms with Gasteiger partial charge < -0.3 is 19.9 Å². The average molecular weight is 403 g/mol. The standard InChI is InChI=1S/C16H20F3N5O4/c17-16(18,19)10-23-9-12(6-21-23)24-8-11(5-13(24)25)15(27)20-7-14(26)22-1-3-28-4-2-22/h6,9,11H,1-5,7-8,10H2,(H,20,27)/t11-/m1/s1. The second-order valence-electron chi connectivity index (χ2n) is 6.63. The van der Waals surface area contributed by atoms with E-state index in [1.807, 2.05) is 0 Å². The Morgan fingerprint density at radius 3 is 2.68 bits per heavy atom. The fourth-order valence-corrected chi connectivity index (χ4v) is 3.13. The van der Waals surface area contributed by atoms with E-state index in [4.69, 9.17) is 4.74 Å². The monoisotopic (exact) mass is 403 g/mol. The first-order valence-electron chi connectivity index (χ1n) is 8.76. The minimum atomic E-state index is -4.42. The molecule has 1 aromatic heterocycles. The van der Waals surface area contributed by atoms with Crippen molar-refractivity contribution in [3.05, 3.63) is 12.4 Å². The highest BCUT2D eigenvalue weighted by atomic mass is 19.4. The van der Waals surface area contributed by atoms with E-state index >= 15 is 0 Å². The van der Waals surface area contributed by atoms with Crippen molar-refractivity contribution < 1.29 is 32.3 Å². The zero-order chi connectivity index (χ0) is 20.3. The van der Waals surface area contributed by atoms with Gasteiger partial charge in [0.2, 0.25) is 17.7 Å². The molecule has 2 fully saturated rings. The maximum absolute atomic E-state index is 12.4. The number of carbonyl (C=O) groups is 3. The number of halogens is 3. The second kappa shape index (κ2) is 8.17. The maximum Gasteiger partial charge on any atom is 0.408 e. The summed E-state index contributed by atoms with van der Waals surface area (Å²) in [5, 5.41) is 6.13. The molecule has 0 radical (unpaired) electrons. The maximum atomic E-state index is 12.4. The quantitative estimate of drug-likeness (QED) is 0.733. The number of nitrogens with one attached hydrogen (secondary N) is 1. The van der Waals surface area contributed by atoms with Crippen molar-refractivity contribution >= 4 is 23.4 Å². The molecule has 2 aliphatic heterocycles. The molecule has 2 saturated heterocycles. The lowest BCUT2D eigenvalue weighted by atomic mass is 10.1. The predicted octanol–water partition coefficient (Wildman–Crippen LogP) is -0.227. The predicted molar refractivity (Wildman–Crippen MR) is 89.2 cm³/mol. The van der Waals surface area contributed by atoms with E-state index in [1.54, 1.807) is 4.90 Å². The van der Waals surface area contributed by atoms with Crippen molar-refractivity contribution in [1.29, 1.82) is 0 Å². The first-order chi connectivity index (χ1) is 13.2. The van der Waals surface area contributed by atoms with Gasteiger partial charge in [-0.05, 0) is 0 Å². The van der Waals surface area contributed by atoms with Gasteiger partial charge in [0, 0.05) is 32.3 Å². The summed E-state index contributed by atoms with van der Waals surface area (Å²) in [5.74, 6) is -1.74. The molecule has 0 spiro atoms. The molecule has 3 rings (SSSR count). The molecule has 3 amide bonds. The summed E-state index contributed by atoms with van der Waals surface area (Å²) in [6, 6.07) is 0. The van der Waals surface area contributed by atoms with E-state index in [0.717, 1.165) is 12.4 Å². The van der Waals surface area contributed by atoms with E-state index in [9.17, 15) is 27.6 Å². The summed E-state index contributed by atoms with van der Waals surface area (Å²) in [6.45, 7) is 0.421.